The standard InChI is InChI=1S/C23H24N2O/c1-16-13-18-7-5-6-8-21(18)25(16)14-20-15-26-22(24-20)17-9-11-19(12-10-17)23(2,3)4/h5-13,15H,14H2,1-4H3. The smallest absolute Gasteiger partial charge is 0.226 e. The summed E-state index contributed by atoms with van der Waals surface area (Å²) in [5.41, 5.74) is 5.85. The monoisotopic (exact) mass is 344 g/mol. The summed E-state index contributed by atoms with van der Waals surface area (Å²) in [4.78, 5) is 4.71. The number of oxazole rings is 1. The van der Waals surface area contributed by atoms with Crippen LogP contribution in [0.5, 0.6) is 0 Å². The number of hydrogen-bond acceptors (Lipinski definition) is 2. The molecule has 0 fully saturated rings. The molecule has 2 aromatic heterocycles. The summed E-state index contributed by atoms with van der Waals surface area (Å²) in [5.74, 6) is 0.676. The highest BCUT2D eigenvalue weighted by Gasteiger charge is 2.15. The maximum absolute atomic E-state index is 5.75. The summed E-state index contributed by atoms with van der Waals surface area (Å²) >= 11 is 0. The van der Waals surface area contributed by atoms with Gasteiger partial charge in [0.15, 0.2) is 0 Å². The van der Waals surface area contributed by atoms with Gasteiger partial charge < -0.3 is 8.98 Å². The first-order chi connectivity index (χ1) is 12.4. The zero-order valence-corrected chi connectivity index (χ0v) is 15.8. The van der Waals surface area contributed by atoms with Crippen LogP contribution in [-0.4, -0.2) is 9.55 Å². The fraction of sp³-hybridized carbons (Fsp3) is 0.261. The van der Waals surface area contributed by atoms with Crippen LogP contribution in [0.2, 0.25) is 0 Å². The summed E-state index contributed by atoms with van der Waals surface area (Å²) in [5, 5.41) is 1.26. The normalized spacial score (nSPS) is 12.0. The van der Waals surface area contributed by atoms with Crippen LogP contribution in [0.3, 0.4) is 0 Å². The molecule has 0 radical (unpaired) electrons. The van der Waals surface area contributed by atoms with Crippen molar-refractivity contribution in [2.45, 2.75) is 39.7 Å². The average molecular weight is 344 g/mol. The Kier molecular flexibility index (Phi) is 3.95. The number of aryl methyl sites for hydroxylation is 1. The van der Waals surface area contributed by atoms with E-state index < -0.39 is 0 Å². The lowest BCUT2D eigenvalue weighted by molar-refractivity contribution is 0.570. The second-order valence-corrected chi connectivity index (χ2v) is 7.90. The van der Waals surface area contributed by atoms with Gasteiger partial charge in [-0.15, -0.1) is 0 Å². The quantitative estimate of drug-likeness (QED) is 0.460. The number of fused-ring (bicyclic) bond motifs is 1. The van der Waals surface area contributed by atoms with E-state index in [4.69, 9.17) is 9.40 Å². The van der Waals surface area contributed by atoms with Crippen molar-refractivity contribution >= 4 is 10.9 Å². The SMILES string of the molecule is Cc1cc2ccccc2n1Cc1coc(-c2ccc(C(C)(C)C)cc2)n1. The van der Waals surface area contributed by atoms with Crippen LogP contribution < -0.4 is 0 Å². The third kappa shape index (κ3) is 3.05. The van der Waals surface area contributed by atoms with E-state index in [0.717, 1.165) is 11.3 Å². The molecule has 0 saturated carbocycles. The molecule has 0 bridgehead atoms. The maximum Gasteiger partial charge on any atom is 0.226 e. The number of hydrogen-bond donors (Lipinski definition) is 0. The molecule has 3 heteroatoms. The number of nitrogens with zero attached hydrogens (tertiary/aromatic N) is 2. The van der Waals surface area contributed by atoms with E-state index in [-0.39, 0.29) is 5.41 Å². The van der Waals surface area contributed by atoms with E-state index in [1.165, 1.54) is 22.2 Å². The lowest BCUT2D eigenvalue weighted by Gasteiger charge is -2.18. The van der Waals surface area contributed by atoms with Crippen LogP contribution in [0.4, 0.5) is 0 Å². The van der Waals surface area contributed by atoms with Gasteiger partial charge in [0.25, 0.3) is 0 Å². The summed E-state index contributed by atoms with van der Waals surface area (Å²) in [7, 11) is 0. The fourth-order valence-corrected chi connectivity index (χ4v) is 3.35. The van der Waals surface area contributed by atoms with Gasteiger partial charge in [-0.1, -0.05) is 51.1 Å². The molecule has 0 unspecified atom stereocenters. The predicted octanol–water partition coefficient (Wildman–Crippen LogP) is 5.95. The summed E-state index contributed by atoms with van der Waals surface area (Å²) in [6.45, 7) is 9.49. The van der Waals surface area contributed by atoms with Crippen LogP contribution in [0, 0.1) is 6.92 Å². The van der Waals surface area contributed by atoms with E-state index >= 15 is 0 Å². The zero-order chi connectivity index (χ0) is 18.3. The van der Waals surface area contributed by atoms with Gasteiger partial charge in [-0.25, -0.2) is 4.98 Å². The van der Waals surface area contributed by atoms with Crippen molar-refractivity contribution in [1.29, 1.82) is 0 Å². The topological polar surface area (TPSA) is 31.0 Å². The van der Waals surface area contributed by atoms with Crippen molar-refractivity contribution in [3.05, 3.63) is 77.8 Å². The summed E-state index contributed by atoms with van der Waals surface area (Å²) < 4.78 is 8.03. The van der Waals surface area contributed by atoms with Crippen LogP contribution >= 0.6 is 0 Å². The number of aromatic nitrogens is 2. The van der Waals surface area contributed by atoms with Crippen LogP contribution in [0.25, 0.3) is 22.4 Å². The highest BCUT2D eigenvalue weighted by Crippen LogP contribution is 2.26. The molecule has 0 atom stereocenters. The molecule has 0 aliphatic carbocycles. The Morgan fingerprint density at radius 3 is 2.46 bits per heavy atom. The molecule has 4 aromatic rings. The van der Waals surface area contributed by atoms with Gasteiger partial charge in [0.2, 0.25) is 5.89 Å². The Hall–Kier alpha value is -2.81. The number of para-hydroxylation sites is 1. The van der Waals surface area contributed by atoms with Crippen molar-refractivity contribution in [3.63, 3.8) is 0 Å². The molecular weight excluding hydrogens is 320 g/mol. The molecule has 4 rings (SSSR count). The van der Waals surface area contributed by atoms with E-state index in [9.17, 15) is 0 Å². The minimum absolute atomic E-state index is 0.146. The summed E-state index contributed by atoms with van der Waals surface area (Å²) in [6, 6.07) is 19.1. The highest BCUT2D eigenvalue weighted by molar-refractivity contribution is 5.81. The maximum atomic E-state index is 5.75. The van der Waals surface area contributed by atoms with Crippen molar-refractivity contribution in [1.82, 2.24) is 9.55 Å². The van der Waals surface area contributed by atoms with Gasteiger partial charge in [0.05, 0.1) is 12.2 Å². The third-order valence-corrected chi connectivity index (χ3v) is 4.89. The van der Waals surface area contributed by atoms with E-state index in [0.29, 0.717) is 12.4 Å². The average Bonchev–Trinajstić information content (AvgIpc) is 3.20. The fourth-order valence-electron chi connectivity index (χ4n) is 3.35. The molecule has 0 N–H and O–H groups in total. The van der Waals surface area contributed by atoms with Gasteiger partial charge >= 0.3 is 0 Å². The zero-order valence-electron chi connectivity index (χ0n) is 15.8. The second-order valence-electron chi connectivity index (χ2n) is 7.90. The highest BCUT2D eigenvalue weighted by atomic mass is 16.3. The van der Waals surface area contributed by atoms with E-state index in [2.05, 4.69) is 86.9 Å². The van der Waals surface area contributed by atoms with Crippen molar-refractivity contribution in [2.75, 3.05) is 0 Å². The molecule has 0 saturated heterocycles. The Bertz CT molecular complexity index is 1050. The number of benzene rings is 2. The Balaban J connectivity index is 1.61. The first-order valence-corrected chi connectivity index (χ1v) is 9.02. The van der Waals surface area contributed by atoms with Crippen LogP contribution in [-0.2, 0) is 12.0 Å². The number of rotatable bonds is 3. The van der Waals surface area contributed by atoms with Crippen LogP contribution in [0.1, 0.15) is 37.7 Å². The molecule has 2 heterocycles. The third-order valence-electron chi connectivity index (χ3n) is 4.89. The molecule has 0 aliphatic rings. The van der Waals surface area contributed by atoms with Gasteiger partial charge in [0.1, 0.15) is 6.26 Å². The van der Waals surface area contributed by atoms with E-state index in [1.807, 2.05) is 0 Å². The second kappa shape index (κ2) is 6.17. The van der Waals surface area contributed by atoms with Crippen LogP contribution in [0.15, 0.2) is 65.3 Å². The summed E-state index contributed by atoms with van der Waals surface area (Å²) in [6.07, 6.45) is 1.77. The molecular formula is C23H24N2O. The minimum Gasteiger partial charge on any atom is -0.444 e. The van der Waals surface area contributed by atoms with Crippen molar-refractivity contribution in [2.24, 2.45) is 0 Å². The Morgan fingerprint density at radius 2 is 1.73 bits per heavy atom. The van der Waals surface area contributed by atoms with Gasteiger partial charge in [-0.2, -0.15) is 0 Å². The lowest BCUT2D eigenvalue weighted by Crippen LogP contribution is -2.10. The molecule has 0 amide bonds. The predicted molar refractivity (Wildman–Crippen MR) is 106 cm³/mol. The Labute approximate surface area is 154 Å². The van der Waals surface area contributed by atoms with E-state index in [1.54, 1.807) is 6.26 Å². The largest absolute Gasteiger partial charge is 0.444 e. The first kappa shape index (κ1) is 16.6. The molecule has 132 valence electrons. The molecule has 0 aliphatic heterocycles. The molecule has 0 spiro atoms. The van der Waals surface area contributed by atoms with Crippen molar-refractivity contribution in [3.8, 4) is 11.5 Å². The first-order valence-electron chi connectivity index (χ1n) is 9.02. The molecule has 26 heavy (non-hydrogen) atoms. The van der Waals surface area contributed by atoms with Gasteiger partial charge in [-0.3, -0.25) is 0 Å². The lowest BCUT2D eigenvalue weighted by atomic mass is 9.87. The van der Waals surface area contributed by atoms with Crippen molar-refractivity contribution < 1.29 is 4.42 Å². The molecule has 3 nitrogen and oxygen atoms in total. The van der Waals surface area contributed by atoms with Gasteiger partial charge in [-0.05, 0) is 47.6 Å². The van der Waals surface area contributed by atoms with Gasteiger partial charge in [0, 0.05) is 16.8 Å². The minimum atomic E-state index is 0.146. The molecule has 2 aromatic carbocycles. The Morgan fingerprint density at radius 1 is 1.00 bits per heavy atom.